The van der Waals surface area contributed by atoms with Crippen LogP contribution in [0.25, 0.3) is 0 Å². The number of hydrogen-bond donors (Lipinski definition) is 1. The maximum Gasteiger partial charge on any atom is 0.419 e. The third-order valence-electron chi connectivity index (χ3n) is 4.45. The standard InChI is InChI=1S/C17H19F6NO3/c18-16(19,20)12-5-1-2-6-14(12)27-8-4-3-7-24-9-11(15(25)26)13(10-24)17(21,22)23/h1-2,5-6,11,13H,3-4,7-10H2,(H,25,26)/t11-,13-/m1/s1. The minimum atomic E-state index is -4.58. The van der Waals surface area contributed by atoms with Gasteiger partial charge in [0.25, 0.3) is 0 Å². The first-order chi connectivity index (χ1) is 12.5. The summed E-state index contributed by atoms with van der Waals surface area (Å²) >= 11 is 0. The molecule has 10 heteroatoms. The molecule has 0 aromatic heterocycles. The molecule has 0 unspecified atom stereocenters. The summed E-state index contributed by atoms with van der Waals surface area (Å²) in [6.07, 6.45) is -8.41. The van der Waals surface area contributed by atoms with Crippen LogP contribution in [0.1, 0.15) is 18.4 Å². The van der Waals surface area contributed by atoms with E-state index >= 15 is 0 Å². The molecule has 2 atom stereocenters. The molecular weight excluding hydrogens is 380 g/mol. The Morgan fingerprint density at radius 2 is 1.78 bits per heavy atom. The summed E-state index contributed by atoms with van der Waals surface area (Å²) in [6, 6.07) is 4.77. The zero-order chi connectivity index (χ0) is 20.2. The van der Waals surface area contributed by atoms with Gasteiger partial charge in [-0.15, -0.1) is 0 Å². The van der Waals surface area contributed by atoms with Gasteiger partial charge in [0.15, 0.2) is 0 Å². The van der Waals surface area contributed by atoms with E-state index in [4.69, 9.17) is 9.84 Å². The molecule has 152 valence electrons. The SMILES string of the molecule is O=C(O)[C@@H]1CN(CCCCOc2ccccc2C(F)(F)F)C[C@H]1C(F)(F)F. The van der Waals surface area contributed by atoms with E-state index in [2.05, 4.69) is 0 Å². The van der Waals surface area contributed by atoms with E-state index in [0.717, 1.165) is 6.07 Å². The third kappa shape index (κ3) is 5.75. The average Bonchev–Trinajstić information content (AvgIpc) is 2.99. The quantitative estimate of drug-likeness (QED) is 0.555. The van der Waals surface area contributed by atoms with E-state index in [1.807, 2.05) is 0 Å². The predicted molar refractivity (Wildman–Crippen MR) is 83.3 cm³/mol. The molecular formula is C17H19F6NO3. The van der Waals surface area contributed by atoms with Crippen molar-refractivity contribution in [3.8, 4) is 5.75 Å². The second-order valence-electron chi connectivity index (χ2n) is 6.40. The molecule has 1 aromatic rings. The second kappa shape index (κ2) is 8.37. The van der Waals surface area contributed by atoms with Crippen molar-refractivity contribution >= 4 is 5.97 Å². The highest BCUT2D eigenvalue weighted by Gasteiger charge is 2.52. The van der Waals surface area contributed by atoms with Crippen molar-refractivity contribution in [2.45, 2.75) is 25.2 Å². The van der Waals surface area contributed by atoms with Gasteiger partial charge in [0.2, 0.25) is 0 Å². The van der Waals surface area contributed by atoms with Gasteiger partial charge in [-0.25, -0.2) is 0 Å². The number of nitrogens with zero attached hydrogens (tertiary/aromatic N) is 1. The summed E-state index contributed by atoms with van der Waals surface area (Å²) in [5.41, 5.74) is -0.887. The number of ether oxygens (including phenoxy) is 1. The summed E-state index contributed by atoms with van der Waals surface area (Å²) in [5.74, 6) is -5.19. The van der Waals surface area contributed by atoms with Crippen LogP contribution in [0.2, 0.25) is 0 Å². The van der Waals surface area contributed by atoms with Crippen LogP contribution in [-0.2, 0) is 11.0 Å². The number of rotatable bonds is 7. The number of aliphatic carboxylic acids is 1. The molecule has 1 aliphatic heterocycles. The van der Waals surface area contributed by atoms with E-state index < -0.39 is 42.3 Å². The lowest BCUT2D eigenvalue weighted by atomic mass is 9.96. The molecule has 1 N–H and O–H groups in total. The predicted octanol–water partition coefficient (Wildman–Crippen LogP) is 4.06. The maximum atomic E-state index is 12.9. The number of hydrogen-bond acceptors (Lipinski definition) is 3. The molecule has 27 heavy (non-hydrogen) atoms. The van der Waals surface area contributed by atoms with E-state index in [-0.39, 0.29) is 25.4 Å². The maximum absolute atomic E-state index is 12.9. The Morgan fingerprint density at radius 1 is 1.11 bits per heavy atom. The summed E-state index contributed by atoms with van der Waals surface area (Å²) in [7, 11) is 0. The lowest BCUT2D eigenvalue weighted by Crippen LogP contribution is -2.33. The molecule has 1 aliphatic rings. The second-order valence-corrected chi connectivity index (χ2v) is 6.40. The van der Waals surface area contributed by atoms with Crippen LogP contribution in [0.5, 0.6) is 5.75 Å². The smallest absolute Gasteiger partial charge is 0.419 e. The van der Waals surface area contributed by atoms with Gasteiger partial charge in [-0.2, -0.15) is 26.3 Å². The molecule has 0 aliphatic carbocycles. The lowest BCUT2D eigenvalue weighted by molar-refractivity contribution is -0.188. The number of carboxylic acid groups (broad SMARTS) is 1. The van der Waals surface area contributed by atoms with Gasteiger partial charge in [-0.1, -0.05) is 12.1 Å². The minimum absolute atomic E-state index is 0.0218. The summed E-state index contributed by atoms with van der Waals surface area (Å²) < 4.78 is 82.4. The van der Waals surface area contributed by atoms with Crippen LogP contribution in [0.3, 0.4) is 0 Å². The Hall–Kier alpha value is -1.97. The molecule has 1 fully saturated rings. The van der Waals surface area contributed by atoms with Crippen molar-refractivity contribution in [3.63, 3.8) is 0 Å². The van der Waals surface area contributed by atoms with Crippen LogP contribution < -0.4 is 4.74 Å². The minimum Gasteiger partial charge on any atom is -0.493 e. The lowest BCUT2D eigenvalue weighted by Gasteiger charge is -2.18. The van der Waals surface area contributed by atoms with Crippen LogP contribution >= 0.6 is 0 Å². The van der Waals surface area contributed by atoms with E-state index in [0.29, 0.717) is 12.8 Å². The molecule has 1 saturated heterocycles. The molecule has 0 amide bonds. The number of carbonyl (C=O) groups is 1. The molecule has 2 rings (SSSR count). The summed E-state index contributed by atoms with van der Waals surface area (Å²) in [5, 5.41) is 8.95. The molecule has 1 aromatic carbocycles. The third-order valence-corrected chi connectivity index (χ3v) is 4.45. The fourth-order valence-corrected chi connectivity index (χ4v) is 3.10. The molecule has 0 radical (unpaired) electrons. The molecule has 0 spiro atoms. The van der Waals surface area contributed by atoms with Crippen molar-refractivity contribution < 1.29 is 41.0 Å². The molecule has 0 bridgehead atoms. The summed E-state index contributed by atoms with van der Waals surface area (Å²) in [4.78, 5) is 12.4. The Morgan fingerprint density at radius 3 is 2.33 bits per heavy atom. The first-order valence-corrected chi connectivity index (χ1v) is 8.31. The van der Waals surface area contributed by atoms with Gasteiger partial charge in [0.05, 0.1) is 24.0 Å². The first-order valence-electron chi connectivity index (χ1n) is 8.31. The van der Waals surface area contributed by atoms with Gasteiger partial charge in [0.1, 0.15) is 5.75 Å². The fraction of sp³-hybridized carbons (Fsp3) is 0.588. The number of unbranched alkanes of at least 4 members (excludes halogenated alkanes) is 1. The van der Waals surface area contributed by atoms with Crippen LogP contribution in [0, 0.1) is 11.8 Å². The number of halogens is 6. The van der Waals surface area contributed by atoms with Gasteiger partial charge >= 0.3 is 18.3 Å². The normalized spacial score (nSPS) is 21.4. The zero-order valence-electron chi connectivity index (χ0n) is 14.2. The molecule has 0 saturated carbocycles. The van der Waals surface area contributed by atoms with E-state index in [1.165, 1.54) is 23.1 Å². The van der Waals surface area contributed by atoms with Gasteiger partial charge in [-0.05, 0) is 31.5 Å². The molecule has 4 nitrogen and oxygen atoms in total. The van der Waals surface area contributed by atoms with Gasteiger partial charge < -0.3 is 14.7 Å². The number of alkyl halides is 6. The fourth-order valence-electron chi connectivity index (χ4n) is 3.10. The Bertz CT molecular complexity index is 646. The van der Waals surface area contributed by atoms with Crippen molar-refractivity contribution in [1.82, 2.24) is 4.90 Å². The number of carboxylic acids is 1. The first kappa shape index (κ1) is 21.3. The Labute approximate surface area is 151 Å². The largest absolute Gasteiger partial charge is 0.493 e. The Kier molecular flexibility index (Phi) is 6.61. The monoisotopic (exact) mass is 399 g/mol. The van der Waals surface area contributed by atoms with Crippen LogP contribution in [0.4, 0.5) is 26.3 Å². The van der Waals surface area contributed by atoms with Crippen molar-refractivity contribution in [2.75, 3.05) is 26.2 Å². The molecule has 1 heterocycles. The highest BCUT2D eigenvalue weighted by molar-refractivity contribution is 5.71. The number of likely N-dealkylation sites (tertiary alicyclic amines) is 1. The highest BCUT2D eigenvalue weighted by Crippen LogP contribution is 2.38. The average molecular weight is 399 g/mol. The van der Waals surface area contributed by atoms with Crippen molar-refractivity contribution in [3.05, 3.63) is 29.8 Å². The highest BCUT2D eigenvalue weighted by atomic mass is 19.4. The number of para-hydroxylation sites is 1. The van der Waals surface area contributed by atoms with E-state index in [9.17, 15) is 31.1 Å². The van der Waals surface area contributed by atoms with E-state index in [1.54, 1.807) is 0 Å². The summed E-state index contributed by atoms with van der Waals surface area (Å²) in [6.45, 7) is -0.387. The zero-order valence-corrected chi connectivity index (χ0v) is 14.2. The topological polar surface area (TPSA) is 49.8 Å². The van der Waals surface area contributed by atoms with Gasteiger partial charge in [-0.3, -0.25) is 4.79 Å². The van der Waals surface area contributed by atoms with Gasteiger partial charge in [0, 0.05) is 13.1 Å². The van der Waals surface area contributed by atoms with Crippen LogP contribution in [-0.4, -0.2) is 48.4 Å². The van der Waals surface area contributed by atoms with Crippen molar-refractivity contribution in [1.29, 1.82) is 0 Å². The van der Waals surface area contributed by atoms with Crippen LogP contribution in [0.15, 0.2) is 24.3 Å². The van der Waals surface area contributed by atoms with Crippen molar-refractivity contribution in [2.24, 2.45) is 11.8 Å². The number of benzene rings is 1. The Balaban J connectivity index is 1.79.